The zero-order valence-electron chi connectivity index (χ0n) is 9.44. The van der Waals surface area contributed by atoms with Crippen molar-refractivity contribution in [2.24, 2.45) is 5.73 Å². The lowest BCUT2D eigenvalue weighted by Crippen LogP contribution is -2.37. The average molecular weight is 255 g/mol. The predicted molar refractivity (Wildman–Crippen MR) is 67.1 cm³/mol. The minimum absolute atomic E-state index is 0.119. The van der Waals surface area contributed by atoms with Crippen LogP contribution in [0.3, 0.4) is 0 Å². The van der Waals surface area contributed by atoms with Crippen molar-refractivity contribution < 1.29 is 9.18 Å². The first-order valence-corrected chi connectivity index (χ1v) is 5.64. The summed E-state index contributed by atoms with van der Waals surface area (Å²) in [4.78, 5) is 15.8. The van der Waals surface area contributed by atoms with Crippen LogP contribution in [-0.2, 0) is 0 Å². The summed E-state index contributed by atoms with van der Waals surface area (Å²) < 4.78 is 12.6. The van der Waals surface area contributed by atoms with E-state index in [1.807, 2.05) is 6.92 Å². The van der Waals surface area contributed by atoms with Gasteiger partial charge in [0.15, 0.2) is 0 Å². The summed E-state index contributed by atoms with van der Waals surface area (Å²) in [6.45, 7) is 1.92. The molecule has 0 aromatic carbocycles. The maximum Gasteiger partial charge on any atom is 0.270 e. The molecule has 0 bridgehead atoms. The molecular formula is C11H14FN3OS. The third kappa shape index (κ3) is 4.44. The quantitative estimate of drug-likeness (QED) is 0.780. The third-order valence-electron chi connectivity index (χ3n) is 2.24. The van der Waals surface area contributed by atoms with Gasteiger partial charge in [0.25, 0.3) is 5.91 Å². The minimum atomic E-state index is -0.475. The molecule has 0 aliphatic heterocycles. The number of rotatable bonds is 5. The van der Waals surface area contributed by atoms with Crippen molar-refractivity contribution in [2.75, 3.05) is 0 Å². The Labute approximate surface area is 104 Å². The topological polar surface area (TPSA) is 68.0 Å². The largest absolute Gasteiger partial charge is 0.393 e. The molecule has 4 nitrogen and oxygen atoms in total. The second kappa shape index (κ2) is 6.24. The van der Waals surface area contributed by atoms with Crippen molar-refractivity contribution in [1.29, 1.82) is 0 Å². The average Bonchev–Trinajstić information content (AvgIpc) is 2.28. The fraction of sp³-hybridized carbons (Fsp3) is 0.364. The smallest absolute Gasteiger partial charge is 0.270 e. The van der Waals surface area contributed by atoms with Crippen LogP contribution in [0.2, 0.25) is 0 Å². The van der Waals surface area contributed by atoms with Crippen LogP contribution in [0.5, 0.6) is 0 Å². The van der Waals surface area contributed by atoms with Gasteiger partial charge >= 0.3 is 0 Å². The van der Waals surface area contributed by atoms with E-state index in [1.165, 1.54) is 12.1 Å². The summed E-state index contributed by atoms with van der Waals surface area (Å²) >= 11 is 4.79. The van der Waals surface area contributed by atoms with Gasteiger partial charge in [-0.05, 0) is 18.6 Å². The van der Waals surface area contributed by atoms with E-state index in [-0.39, 0.29) is 17.6 Å². The molecule has 0 aliphatic rings. The van der Waals surface area contributed by atoms with Crippen molar-refractivity contribution in [3.05, 3.63) is 29.8 Å². The van der Waals surface area contributed by atoms with Crippen molar-refractivity contribution in [1.82, 2.24) is 10.3 Å². The number of thiocarbonyl (C=S) groups is 1. The minimum Gasteiger partial charge on any atom is -0.393 e. The Morgan fingerprint density at radius 3 is 2.82 bits per heavy atom. The summed E-state index contributed by atoms with van der Waals surface area (Å²) in [7, 11) is 0. The predicted octanol–water partition coefficient (Wildman–Crippen LogP) is 1.41. The van der Waals surface area contributed by atoms with Gasteiger partial charge in [0, 0.05) is 12.5 Å². The van der Waals surface area contributed by atoms with Crippen LogP contribution >= 0.6 is 12.2 Å². The SMILES string of the molecule is CCC(CC(N)=S)NC(=O)c1ccc(F)cn1. The van der Waals surface area contributed by atoms with Gasteiger partial charge in [0.05, 0.1) is 11.2 Å². The number of halogens is 1. The normalized spacial score (nSPS) is 11.9. The Morgan fingerprint density at radius 2 is 2.35 bits per heavy atom. The molecule has 1 heterocycles. The van der Waals surface area contributed by atoms with Gasteiger partial charge in [-0.2, -0.15) is 0 Å². The lowest BCUT2D eigenvalue weighted by atomic mass is 10.1. The van der Waals surface area contributed by atoms with E-state index in [0.717, 1.165) is 6.20 Å². The zero-order chi connectivity index (χ0) is 12.8. The van der Waals surface area contributed by atoms with Crippen LogP contribution in [0, 0.1) is 5.82 Å². The first kappa shape index (κ1) is 13.5. The number of aromatic nitrogens is 1. The molecule has 0 radical (unpaired) electrons. The molecule has 1 aromatic rings. The Bertz CT molecular complexity index is 408. The van der Waals surface area contributed by atoms with E-state index in [4.69, 9.17) is 18.0 Å². The summed E-state index contributed by atoms with van der Waals surface area (Å²) in [5, 5.41) is 2.74. The fourth-order valence-electron chi connectivity index (χ4n) is 1.31. The number of amides is 1. The number of carbonyl (C=O) groups excluding carboxylic acids is 1. The Kier molecular flexibility index (Phi) is 4.96. The van der Waals surface area contributed by atoms with Crippen LogP contribution in [0.1, 0.15) is 30.3 Å². The molecular weight excluding hydrogens is 241 g/mol. The van der Waals surface area contributed by atoms with E-state index in [1.54, 1.807) is 0 Å². The van der Waals surface area contributed by atoms with Gasteiger partial charge in [-0.15, -0.1) is 0 Å². The van der Waals surface area contributed by atoms with Crippen LogP contribution in [0.4, 0.5) is 4.39 Å². The Balaban J connectivity index is 2.64. The highest BCUT2D eigenvalue weighted by Crippen LogP contribution is 2.02. The second-order valence-corrected chi connectivity index (χ2v) is 4.14. The lowest BCUT2D eigenvalue weighted by Gasteiger charge is -2.15. The number of nitrogens with zero attached hydrogens (tertiary/aromatic N) is 1. The number of pyridine rings is 1. The van der Waals surface area contributed by atoms with E-state index in [0.29, 0.717) is 17.8 Å². The molecule has 1 rings (SSSR count). The van der Waals surface area contributed by atoms with Crippen LogP contribution in [-0.4, -0.2) is 21.9 Å². The van der Waals surface area contributed by atoms with Gasteiger partial charge in [-0.25, -0.2) is 9.37 Å². The standard InChI is InChI=1S/C11H14FN3OS/c1-2-8(5-10(13)17)15-11(16)9-4-3-7(12)6-14-9/h3-4,6,8H,2,5H2,1H3,(H2,13,17)(H,15,16). The van der Waals surface area contributed by atoms with Crippen LogP contribution < -0.4 is 11.1 Å². The monoisotopic (exact) mass is 255 g/mol. The zero-order valence-corrected chi connectivity index (χ0v) is 10.3. The van der Waals surface area contributed by atoms with Crippen molar-refractivity contribution >= 4 is 23.1 Å². The maximum atomic E-state index is 12.6. The molecule has 1 amide bonds. The molecule has 0 saturated carbocycles. The Hall–Kier alpha value is -1.56. The number of hydrogen-bond donors (Lipinski definition) is 2. The number of nitrogens with two attached hydrogens (primary N) is 1. The molecule has 0 fully saturated rings. The molecule has 0 saturated heterocycles. The highest BCUT2D eigenvalue weighted by atomic mass is 32.1. The molecule has 0 spiro atoms. The fourth-order valence-corrected chi connectivity index (χ4v) is 1.51. The molecule has 1 atom stereocenters. The summed E-state index contributed by atoms with van der Waals surface area (Å²) in [6.07, 6.45) is 2.16. The molecule has 92 valence electrons. The molecule has 6 heteroatoms. The van der Waals surface area contributed by atoms with Crippen LogP contribution in [0.15, 0.2) is 18.3 Å². The summed E-state index contributed by atoms with van der Waals surface area (Å²) in [5.74, 6) is -0.829. The van der Waals surface area contributed by atoms with Gasteiger partial charge in [-0.1, -0.05) is 19.1 Å². The third-order valence-corrected chi connectivity index (χ3v) is 2.40. The van der Waals surface area contributed by atoms with Gasteiger partial charge in [0.1, 0.15) is 11.5 Å². The van der Waals surface area contributed by atoms with Gasteiger partial charge in [0.2, 0.25) is 0 Å². The maximum absolute atomic E-state index is 12.6. The molecule has 0 aliphatic carbocycles. The Morgan fingerprint density at radius 1 is 1.65 bits per heavy atom. The number of carbonyl (C=O) groups is 1. The lowest BCUT2D eigenvalue weighted by molar-refractivity contribution is 0.0932. The molecule has 1 aromatic heterocycles. The van der Waals surface area contributed by atoms with Crippen molar-refractivity contribution in [2.45, 2.75) is 25.8 Å². The number of hydrogen-bond acceptors (Lipinski definition) is 3. The summed E-state index contributed by atoms with van der Waals surface area (Å²) in [5.41, 5.74) is 5.59. The van der Waals surface area contributed by atoms with E-state index in [2.05, 4.69) is 10.3 Å². The highest BCUT2D eigenvalue weighted by molar-refractivity contribution is 7.80. The first-order valence-electron chi connectivity index (χ1n) is 5.23. The van der Waals surface area contributed by atoms with Crippen molar-refractivity contribution in [3.63, 3.8) is 0 Å². The molecule has 1 unspecified atom stereocenters. The van der Waals surface area contributed by atoms with Crippen LogP contribution in [0.25, 0.3) is 0 Å². The van der Waals surface area contributed by atoms with Crippen molar-refractivity contribution in [3.8, 4) is 0 Å². The highest BCUT2D eigenvalue weighted by Gasteiger charge is 2.13. The van der Waals surface area contributed by atoms with Gasteiger partial charge in [-0.3, -0.25) is 4.79 Å². The molecule has 3 N–H and O–H groups in total. The van der Waals surface area contributed by atoms with E-state index < -0.39 is 5.82 Å². The first-order chi connectivity index (χ1) is 8.02. The van der Waals surface area contributed by atoms with E-state index in [9.17, 15) is 9.18 Å². The van der Waals surface area contributed by atoms with E-state index >= 15 is 0 Å². The molecule has 17 heavy (non-hydrogen) atoms. The number of nitrogens with one attached hydrogen (secondary N) is 1. The second-order valence-electron chi connectivity index (χ2n) is 3.61. The summed E-state index contributed by atoms with van der Waals surface area (Å²) in [6, 6.07) is 2.40. The van der Waals surface area contributed by atoms with Gasteiger partial charge < -0.3 is 11.1 Å².